The van der Waals surface area contributed by atoms with E-state index in [1.54, 1.807) is 0 Å². The van der Waals surface area contributed by atoms with Gasteiger partial charge in [0.1, 0.15) is 0 Å². The monoisotopic (exact) mass is 280 g/mol. The van der Waals surface area contributed by atoms with Gasteiger partial charge in [-0.2, -0.15) is 0 Å². The van der Waals surface area contributed by atoms with E-state index in [1.807, 2.05) is 0 Å². The Morgan fingerprint density at radius 2 is 1.95 bits per heavy atom. The van der Waals surface area contributed by atoms with Crippen LogP contribution >= 0.6 is 12.4 Å². The number of nitrogens with zero attached hydrogens (tertiary/aromatic N) is 1. The van der Waals surface area contributed by atoms with E-state index in [0.717, 1.165) is 13.1 Å². The molecule has 0 bridgehead atoms. The van der Waals surface area contributed by atoms with Gasteiger partial charge in [-0.3, -0.25) is 0 Å². The molecule has 1 aromatic heterocycles. The Kier molecular flexibility index (Phi) is 6.40. The van der Waals surface area contributed by atoms with Crippen molar-refractivity contribution < 1.29 is 0 Å². The Bertz CT molecular complexity index is 504. The van der Waals surface area contributed by atoms with Crippen molar-refractivity contribution in [1.29, 1.82) is 0 Å². The fourth-order valence-corrected chi connectivity index (χ4v) is 2.32. The third kappa shape index (κ3) is 3.74. The number of hydrogen-bond donors (Lipinski definition) is 1. The van der Waals surface area contributed by atoms with Crippen molar-refractivity contribution in [3.8, 4) is 0 Å². The summed E-state index contributed by atoms with van der Waals surface area (Å²) in [5.74, 6) is 0. The number of para-hydroxylation sites is 1. The topological polar surface area (TPSA) is 17.0 Å². The molecular formula is C16H25ClN2. The zero-order valence-electron chi connectivity index (χ0n) is 12.1. The molecule has 0 aliphatic rings. The molecule has 0 aliphatic heterocycles. The Morgan fingerprint density at radius 3 is 2.63 bits per heavy atom. The first-order valence-electron chi connectivity index (χ1n) is 7.06. The van der Waals surface area contributed by atoms with Crippen LogP contribution in [-0.4, -0.2) is 10.6 Å². The van der Waals surface area contributed by atoms with E-state index in [-0.39, 0.29) is 12.4 Å². The summed E-state index contributed by atoms with van der Waals surface area (Å²) in [7, 11) is 0. The molecule has 0 radical (unpaired) electrons. The number of benzene rings is 1. The minimum atomic E-state index is 0. The van der Waals surface area contributed by atoms with Gasteiger partial charge in [0.25, 0.3) is 0 Å². The highest BCUT2D eigenvalue weighted by atomic mass is 35.5. The standard InChI is InChI=1S/C16H24N2.ClH/c1-4-10-18-12-14(11-17-13(3)5-2)15-8-6-7-9-16(15)18;/h6-9,12-13,17H,4-5,10-11H2,1-3H3;1H. The number of hydrogen-bond acceptors (Lipinski definition) is 1. The fourth-order valence-electron chi connectivity index (χ4n) is 2.32. The number of halogens is 1. The van der Waals surface area contributed by atoms with Crippen LogP contribution < -0.4 is 5.32 Å². The lowest BCUT2D eigenvalue weighted by atomic mass is 10.1. The highest BCUT2D eigenvalue weighted by Crippen LogP contribution is 2.21. The smallest absolute Gasteiger partial charge is 0.0483 e. The van der Waals surface area contributed by atoms with E-state index in [1.165, 1.54) is 29.3 Å². The normalized spacial score (nSPS) is 12.4. The number of aromatic nitrogens is 1. The molecule has 2 rings (SSSR count). The van der Waals surface area contributed by atoms with Crippen LogP contribution in [0.2, 0.25) is 0 Å². The summed E-state index contributed by atoms with van der Waals surface area (Å²) in [6.45, 7) is 8.76. The number of fused-ring (bicyclic) bond motifs is 1. The Balaban J connectivity index is 0.00000180. The summed E-state index contributed by atoms with van der Waals surface area (Å²) in [6.07, 6.45) is 4.66. The molecule has 19 heavy (non-hydrogen) atoms. The van der Waals surface area contributed by atoms with Crippen LogP contribution in [0.5, 0.6) is 0 Å². The molecule has 0 saturated carbocycles. The first-order valence-corrected chi connectivity index (χ1v) is 7.06. The molecule has 1 heterocycles. The van der Waals surface area contributed by atoms with Gasteiger partial charge in [0.05, 0.1) is 0 Å². The van der Waals surface area contributed by atoms with E-state index in [0.29, 0.717) is 6.04 Å². The Labute approximate surface area is 122 Å². The maximum absolute atomic E-state index is 3.58. The maximum Gasteiger partial charge on any atom is 0.0483 e. The largest absolute Gasteiger partial charge is 0.347 e. The molecular weight excluding hydrogens is 256 g/mol. The van der Waals surface area contributed by atoms with Gasteiger partial charge in [0, 0.05) is 36.2 Å². The fraction of sp³-hybridized carbons (Fsp3) is 0.500. The minimum absolute atomic E-state index is 0. The van der Waals surface area contributed by atoms with Gasteiger partial charge < -0.3 is 9.88 Å². The zero-order chi connectivity index (χ0) is 13.0. The van der Waals surface area contributed by atoms with Gasteiger partial charge in [0.15, 0.2) is 0 Å². The SMILES string of the molecule is CCCn1cc(CNC(C)CC)c2ccccc21.Cl. The second-order valence-corrected chi connectivity index (χ2v) is 5.06. The van der Waals surface area contributed by atoms with Crippen molar-refractivity contribution in [3.63, 3.8) is 0 Å². The number of nitrogens with one attached hydrogen (secondary N) is 1. The van der Waals surface area contributed by atoms with Crippen LogP contribution in [0, 0.1) is 0 Å². The van der Waals surface area contributed by atoms with Crippen molar-refractivity contribution in [2.24, 2.45) is 0 Å². The molecule has 1 unspecified atom stereocenters. The molecule has 3 heteroatoms. The second-order valence-electron chi connectivity index (χ2n) is 5.06. The summed E-state index contributed by atoms with van der Waals surface area (Å²) >= 11 is 0. The predicted molar refractivity (Wildman–Crippen MR) is 86.1 cm³/mol. The lowest BCUT2D eigenvalue weighted by Gasteiger charge is -2.10. The number of rotatable bonds is 6. The summed E-state index contributed by atoms with van der Waals surface area (Å²) in [6, 6.07) is 9.29. The van der Waals surface area contributed by atoms with E-state index in [9.17, 15) is 0 Å². The van der Waals surface area contributed by atoms with Crippen LogP contribution in [0.4, 0.5) is 0 Å². The molecule has 0 saturated heterocycles. The molecule has 0 amide bonds. The molecule has 0 fully saturated rings. The maximum atomic E-state index is 3.58. The highest BCUT2D eigenvalue weighted by molar-refractivity contribution is 5.85. The third-order valence-electron chi connectivity index (χ3n) is 3.59. The zero-order valence-corrected chi connectivity index (χ0v) is 13.0. The first-order chi connectivity index (χ1) is 8.76. The quantitative estimate of drug-likeness (QED) is 0.832. The van der Waals surface area contributed by atoms with E-state index in [2.05, 4.69) is 61.1 Å². The molecule has 1 aromatic carbocycles. The average molecular weight is 281 g/mol. The number of aryl methyl sites for hydroxylation is 1. The van der Waals surface area contributed by atoms with Crippen LogP contribution in [0.1, 0.15) is 39.2 Å². The van der Waals surface area contributed by atoms with Gasteiger partial charge >= 0.3 is 0 Å². The molecule has 0 spiro atoms. The molecule has 2 nitrogen and oxygen atoms in total. The van der Waals surface area contributed by atoms with Crippen molar-refractivity contribution in [1.82, 2.24) is 9.88 Å². The highest BCUT2D eigenvalue weighted by Gasteiger charge is 2.08. The van der Waals surface area contributed by atoms with Crippen LogP contribution in [0.15, 0.2) is 30.5 Å². The summed E-state index contributed by atoms with van der Waals surface area (Å²) in [5, 5.41) is 4.97. The molecule has 2 aromatic rings. The molecule has 1 N–H and O–H groups in total. The van der Waals surface area contributed by atoms with Crippen molar-refractivity contribution in [2.45, 2.75) is 52.7 Å². The van der Waals surface area contributed by atoms with Gasteiger partial charge in [-0.05, 0) is 31.4 Å². The molecule has 106 valence electrons. The summed E-state index contributed by atoms with van der Waals surface area (Å²) in [4.78, 5) is 0. The lowest BCUT2D eigenvalue weighted by Crippen LogP contribution is -2.24. The van der Waals surface area contributed by atoms with E-state index < -0.39 is 0 Å². The van der Waals surface area contributed by atoms with Crippen LogP contribution in [0.25, 0.3) is 10.9 Å². The summed E-state index contributed by atoms with van der Waals surface area (Å²) in [5.41, 5.74) is 2.78. The Morgan fingerprint density at radius 1 is 1.21 bits per heavy atom. The summed E-state index contributed by atoms with van der Waals surface area (Å²) < 4.78 is 2.38. The van der Waals surface area contributed by atoms with E-state index >= 15 is 0 Å². The third-order valence-corrected chi connectivity index (χ3v) is 3.59. The van der Waals surface area contributed by atoms with Gasteiger partial charge in [-0.1, -0.05) is 32.0 Å². The minimum Gasteiger partial charge on any atom is -0.347 e. The predicted octanol–water partition coefficient (Wildman–Crippen LogP) is 4.36. The van der Waals surface area contributed by atoms with Gasteiger partial charge in [-0.25, -0.2) is 0 Å². The van der Waals surface area contributed by atoms with E-state index in [4.69, 9.17) is 0 Å². The lowest BCUT2D eigenvalue weighted by molar-refractivity contribution is 0.534. The van der Waals surface area contributed by atoms with Crippen molar-refractivity contribution in [3.05, 3.63) is 36.0 Å². The van der Waals surface area contributed by atoms with Gasteiger partial charge in [-0.15, -0.1) is 12.4 Å². The van der Waals surface area contributed by atoms with Crippen LogP contribution in [0.3, 0.4) is 0 Å². The van der Waals surface area contributed by atoms with Gasteiger partial charge in [0.2, 0.25) is 0 Å². The van der Waals surface area contributed by atoms with Crippen molar-refractivity contribution in [2.75, 3.05) is 0 Å². The Hall–Kier alpha value is -0.990. The molecule has 0 aliphatic carbocycles. The van der Waals surface area contributed by atoms with Crippen molar-refractivity contribution >= 4 is 23.3 Å². The molecule has 1 atom stereocenters. The van der Waals surface area contributed by atoms with Crippen LogP contribution in [-0.2, 0) is 13.1 Å². The second kappa shape index (κ2) is 7.56. The average Bonchev–Trinajstić information content (AvgIpc) is 2.75. The first kappa shape index (κ1) is 16.1.